The van der Waals surface area contributed by atoms with Crippen molar-refractivity contribution < 1.29 is 9.47 Å². The van der Waals surface area contributed by atoms with Gasteiger partial charge in [0.15, 0.2) is 11.5 Å². The summed E-state index contributed by atoms with van der Waals surface area (Å²) >= 11 is 6.27. The molecule has 0 amide bonds. The lowest BCUT2D eigenvalue weighted by Gasteiger charge is -2.16. The van der Waals surface area contributed by atoms with Crippen LogP contribution in [-0.2, 0) is 19.7 Å². The fraction of sp³-hybridized carbons (Fsp3) is 0.350. The van der Waals surface area contributed by atoms with Gasteiger partial charge in [-0.2, -0.15) is 0 Å². The molecule has 0 atom stereocenters. The molecule has 2 aromatic carbocycles. The summed E-state index contributed by atoms with van der Waals surface area (Å²) in [6.07, 6.45) is 2.08. The molecule has 3 rings (SSSR count). The lowest BCUT2D eigenvalue weighted by atomic mass is 10.1. The Hall–Kier alpha value is -2.80. The number of ether oxygens (including phenoxy) is 2. The number of benzene rings is 2. The van der Waals surface area contributed by atoms with Crippen molar-refractivity contribution in [3.05, 3.63) is 58.6 Å². The zero-order valence-corrected chi connectivity index (χ0v) is 16.8. The molecule has 1 heterocycles. The number of halogens is 1. The Labute approximate surface area is 169 Å². The third-order valence-corrected chi connectivity index (χ3v) is 4.45. The van der Waals surface area contributed by atoms with Crippen LogP contribution in [0, 0.1) is 0 Å². The summed E-state index contributed by atoms with van der Waals surface area (Å²) in [6.45, 7) is 3.78. The van der Waals surface area contributed by atoms with E-state index in [1.54, 1.807) is 17.9 Å². The zero-order valence-electron chi connectivity index (χ0n) is 16.1. The minimum Gasteiger partial charge on any atom is -0.493 e. The first-order valence-electron chi connectivity index (χ1n) is 9.24. The average Bonchev–Trinajstić information content (AvgIpc) is 3.17. The van der Waals surface area contributed by atoms with E-state index in [4.69, 9.17) is 21.1 Å². The highest BCUT2D eigenvalue weighted by atomic mass is 35.5. The first kappa shape index (κ1) is 19.9. The van der Waals surface area contributed by atoms with Gasteiger partial charge in [0.1, 0.15) is 6.61 Å². The van der Waals surface area contributed by atoms with E-state index in [2.05, 4.69) is 27.8 Å². The lowest BCUT2D eigenvalue weighted by Crippen LogP contribution is -2.10. The van der Waals surface area contributed by atoms with Gasteiger partial charge in [0.2, 0.25) is 5.95 Å². The Balaban J connectivity index is 1.77. The Morgan fingerprint density at radius 1 is 1.18 bits per heavy atom. The predicted molar refractivity (Wildman–Crippen MR) is 109 cm³/mol. The van der Waals surface area contributed by atoms with Crippen LogP contribution < -0.4 is 14.8 Å². The maximum Gasteiger partial charge on any atom is 0.243 e. The van der Waals surface area contributed by atoms with Gasteiger partial charge in [0.05, 0.1) is 7.11 Å². The third kappa shape index (κ3) is 5.13. The molecule has 0 saturated heterocycles. The van der Waals surface area contributed by atoms with E-state index in [1.807, 2.05) is 36.4 Å². The van der Waals surface area contributed by atoms with Crippen LogP contribution in [0.4, 0.5) is 5.95 Å². The first-order valence-corrected chi connectivity index (χ1v) is 9.62. The third-order valence-electron chi connectivity index (χ3n) is 4.23. The molecule has 0 aliphatic carbocycles. The van der Waals surface area contributed by atoms with Crippen molar-refractivity contribution in [2.24, 2.45) is 0 Å². The molecule has 3 aromatic rings. The molecule has 7 nitrogen and oxygen atoms in total. The van der Waals surface area contributed by atoms with E-state index in [1.165, 1.54) is 0 Å². The molecule has 0 aliphatic heterocycles. The molecule has 0 radical (unpaired) electrons. The van der Waals surface area contributed by atoms with E-state index < -0.39 is 0 Å². The topological polar surface area (TPSA) is 74.1 Å². The van der Waals surface area contributed by atoms with Crippen molar-refractivity contribution >= 4 is 17.5 Å². The quantitative estimate of drug-likeness (QED) is 0.545. The molecule has 0 unspecified atom stereocenters. The van der Waals surface area contributed by atoms with Crippen LogP contribution in [0.15, 0.2) is 42.5 Å². The average molecular weight is 402 g/mol. The minimum absolute atomic E-state index is 0.431. The monoisotopic (exact) mass is 401 g/mol. The summed E-state index contributed by atoms with van der Waals surface area (Å²) in [4.78, 5) is 0. The van der Waals surface area contributed by atoms with E-state index in [0.29, 0.717) is 35.6 Å². The number of unbranched alkanes of at least 4 members (excludes halogenated alkanes) is 1. The molecule has 0 fully saturated rings. The van der Waals surface area contributed by atoms with Gasteiger partial charge >= 0.3 is 0 Å². The Kier molecular flexibility index (Phi) is 7.08. The van der Waals surface area contributed by atoms with Crippen molar-refractivity contribution in [1.29, 1.82) is 0 Å². The largest absolute Gasteiger partial charge is 0.493 e. The number of hydrogen-bond acceptors (Lipinski definition) is 6. The second-order valence-corrected chi connectivity index (χ2v) is 6.74. The van der Waals surface area contributed by atoms with Crippen LogP contribution >= 0.6 is 11.6 Å². The van der Waals surface area contributed by atoms with E-state index in [-0.39, 0.29) is 0 Å². The molecule has 0 spiro atoms. The van der Waals surface area contributed by atoms with Crippen molar-refractivity contribution in [1.82, 2.24) is 20.2 Å². The SMILES string of the molecule is CCCCn1nnnc1NCc1cc(Cl)cc(OC)c1OCc1ccccc1. The van der Waals surface area contributed by atoms with Crippen LogP contribution in [0.1, 0.15) is 30.9 Å². The molecule has 8 heteroatoms. The molecule has 28 heavy (non-hydrogen) atoms. The van der Waals surface area contributed by atoms with Crippen LogP contribution in [0.3, 0.4) is 0 Å². The Morgan fingerprint density at radius 3 is 2.75 bits per heavy atom. The summed E-state index contributed by atoms with van der Waals surface area (Å²) in [5, 5.41) is 15.7. The second kappa shape index (κ2) is 9.94. The molecule has 0 bridgehead atoms. The molecule has 0 aliphatic rings. The Morgan fingerprint density at radius 2 is 2.00 bits per heavy atom. The van der Waals surface area contributed by atoms with Crippen molar-refractivity contribution in [3.8, 4) is 11.5 Å². The van der Waals surface area contributed by atoms with Gasteiger partial charge in [0, 0.05) is 29.7 Å². The molecular weight excluding hydrogens is 378 g/mol. The summed E-state index contributed by atoms with van der Waals surface area (Å²) in [6, 6.07) is 13.6. The highest BCUT2D eigenvalue weighted by Gasteiger charge is 2.15. The normalized spacial score (nSPS) is 10.7. The van der Waals surface area contributed by atoms with Gasteiger partial charge in [-0.1, -0.05) is 60.4 Å². The number of aryl methyl sites for hydroxylation is 1. The lowest BCUT2D eigenvalue weighted by molar-refractivity contribution is 0.281. The molecule has 1 aromatic heterocycles. The number of rotatable bonds is 10. The highest BCUT2D eigenvalue weighted by Crippen LogP contribution is 2.35. The van der Waals surface area contributed by atoms with Gasteiger partial charge in [-0.25, -0.2) is 4.68 Å². The first-order chi connectivity index (χ1) is 13.7. The van der Waals surface area contributed by atoms with Gasteiger partial charge in [0.25, 0.3) is 0 Å². The maximum absolute atomic E-state index is 6.27. The van der Waals surface area contributed by atoms with Crippen molar-refractivity contribution in [2.75, 3.05) is 12.4 Å². The fourth-order valence-electron chi connectivity index (χ4n) is 2.76. The fourth-order valence-corrected chi connectivity index (χ4v) is 2.99. The number of hydrogen-bond donors (Lipinski definition) is 1. The number of methoxy groups -OCH3 is 1. The summed E-state index contributed by atoms with van der Waals surface area (Å²) in [7, 11) is 1.60. The van der Waals surface area contributed by atoms with E-state index in [9.17, 15) is 0 Å². The van der Waals surface area contributed by atoms with Gasteiger partial charge in [-0.3, -0.25) is 0 Å². The number of aromatic nitrogens is 4. The molecule has 0 saturated carbocycles. The van der Waals surface area contributed by atoms with E-state index in [0.717, 1.165) is 30.5 Å². The number of tetrazole rings is 1. The number of nitrogens with one attached hydrogen (secondary N) is 1. The van der Waals surface area contributed by atoms with Gasteiger partial charge in [-0.15, -0.1) is 0 Å². The summed E-state index contributed by atoms with van der Waals surface area (Å²) in [5.41, 5.74) is 1.94. The molecule has 148 valence electrons. The van der Waals surface area contributed by atoms with Crippen LogP contribution in [-0.4, -0.2) is 27.3 Å². The minimum atomic E-state index is 0.431. The van der Waals surface area contributed by atoms with Crippen molar-refractivity contribution in [3.63, 3.8) is 0 Å². The van der Waals surface area contributed by atoms with Gasteiger partial charge < -0.3 is 14.8 Å². The van der Waals surface area contributed by atoms with Crippen LogP contribution in [0.5, 0.6) is 11.5 Å². The predicted octanol–water partition coefficient (Wildman–Crippen LogP) is 4.33. The number of anilines is 1. The summed E-state index contributed by atoms with van der Waals surface area (Å²) in [5.74, 6) is 1.85. The Bertz CT molecular complexity index is 886. The highest BCUT2D eigenvalue weighted by molar-refractivity contribution is 6.30. The van der Waals surface area contributed by atoms with Crippen LogP contribution in [0.2, 0.25) is 5.02 Å². The van der Waals surface area contributed by atoms with Crippen molar-refractivity contribution in [2.45, 2.75) is 39.5 Å². The maximum atomic E-state index is 6.27. The second-order valence-electron chi connectivity index (χ2n) is 6.30. The standard InChI is InChI=1S/C20H24ClN5O2/c1-3-4-10-26-20(23-24-25-26)22-13-16-11-17(21)12-18(27-2)19(16)28-14-15-8-6-5-7-9-15/h5-9,11-12H,3-4,10,13-14H2,1-2H3,(H,22,23,25). The van der Waals surface area contributed by atoms with Crippen LogP contribution in [0.25, 0.3) is 0 Å². The number of nitrogens with zero attached hydrogens (tertiary/aromatic N) is 4. The summed E-state index contributed by atoms with van der Waals surface area (Å²) < 4.78 is 13.3. The zero-order chi connectivity index (χ0) is 19.8. The smallest absolute Gasteiger partial charge is 0.243 e. The van der Waals surface area contributed by atoms with E-state index >= 15 is 0 Å². The molecular formula is C20H24ClN5O2. The molecule has 1 N–H and O–H groups in total. The van der Waals surface area contributed by atoms with Gasteiger partial charge in [-0.05, 0) is 28.5 Å².